The third-order valence-electron chi connectivity index (χ3n) is 8.98. The van der Waals surface area contributed by atoms with E-state index in [0.29, 0.717) is 11.1 Å². The third-order valence-corrected chi connectivity index (χ3v) is 8.98. The van der Waals surface area contributed by atoms with Crippen molar-refractivity contribution in [1.82, 2.24) is 0 Å². The highest BCUT2D eigenvalue weighted by Crippen LogP contribution is 2.75. The van der Waals surface area contributed by atoms with Crippen LogP contribution in [-0.4, -0.2) is 67.6 Å². The number of ether oxygens (including phenoxy) is 2. The highest BCUT2D eigenvalue weighted by molar-refractivity contribution is 6.05. The molecule has 0 unspecified atom stereocenters. The number of aliphatic hydroxyl groups is 4. The Hall–Kier alpha value is -1.09. The molecule has 4 N–H and O–H groups in total. The molecule has 0 aromatic carbocycles. The Labute approximate surface area is 176 Å². The number of hydrogen-bond acceptors (Lipinski definition) is 7. The predicted molar refractivity (Wildman–Crippen MR) is 106 cm³/mol. The zero-order chi connectivity index (χ0) is 22.2. The number of aliphatic hydroxyl groups excluding tert-OH is 1. The maximum atomic E-state index is 13.3. The Bertz CT molecular complexity index is 903. The zero-order valence-corrected chi connectivity index (χ0v) is 18.3. The van der Waals surface area contributed by atoms with Crippen LogP contribution in [0.25, 0.3) is 0 Å². The molecule has 5 aliphatic rings. The average molecular weight is 421 g/mol. The first kappa shape index (κ1) is 20.8. The second-order valence-corrected chi connectivity index (χ2v) is 11.1. The van der Waals surface area contributed by atoms with E-state index < -0.39 is 69.7 Å². The van der Waals surface area contributed by atoms with Crippen molar-refractivity contribution in [2.45, 2.75) is 76.3 Å². The van der Waals surface area contributed by atoms with E-state index in [1.807, 2.05) is 19.9 Å². The summed E-state index contributed by atoms with van der Waals surface area (Å²) in [4.78, 5) is 13.3. The van der Waals surface area contributed by atoms with Crippen molar-refractivity contribution in [2.24, 2.45) is 29.1 Å². The summed E-state index contributed by atoms with van der Waals surface area (Å²) in [5.74, 6) is -4.29. The fourth-order valence-corrected chi connectivity index (χ4v) is 7.17. The smallest absolute Gasteiger partial charge is 0.193 e. The number of carbonyl (C=O) groups is 1. The Morgan fingerprint density at radius 2 is 1.73 bits per heavy atom. The van der Waals surface area contributed by atoms with Crippen molar-refractivity contribution in [3.63, 3.8) is 0 Å². The lowest BCUT2D eigenvalue weighted by molar-refractivity contribution is -0.289. The fourth-order valence-electron chi connectivity index (χ4n) is 7.17. The van der Waals surface area contributed by atoms with Gasteiger partial charge in [0.15, 0.2) is 17.2 Å². The Morgan fingerprint density at radius 3 is 2.37 bits per heavy atom. The Kier molecular flexibility index (Phi) is 3.78. The lowest BCUT2D eigenvalue weighted by Gasteiger charge is -2.52. The van der Waals surface area contributed by atoms with Gasteiger partial charge in [-0.2, -0.15) is 0 Å². The minimum atomic E-state index is -2.01. The minimum Gasteiger partial charge on any atom is -0.390 e. The first-order valence-electron chi connectivity index (χ1n) is 10.8. The van der Waals surface area contributed by atoms with Crippen LogP contribution in [0, 0.1) is 29.1 Å². The monoisotopic (exact) mass is 420 g/mol. The van der Waals surface area contributed by atoms with Gasteiger partial charge >= 0.3 is 0 Å². The molecule has 0 bridgehead atoms. The van der Waals surface area contributed by atoms with E-state index in [9.17, 15) is 25.2 Å². The molecule has 5 rings (SSSR count). The molecule has 0 aromatic rings. The summed E-state index contributed by atoms with van der Waals surface area (Å²) < 4.78 is 11.9. The maximum absolute atomic E-state index is 13.3. The molecule has 3 fully saturated rings. The van der Waals surface area contributed by atoms with Crippen LogP contribution >= 0.6 is 0 Å². The second-order valence-electron chi connectivity index (χ2n) is 11.1. The summed E-state index contributed by atoms with van der Waals surface area (Å²) >= 11 is 0. The SMILES string of the molecule is CC1=C[C@@H]2[C@@](O)(C1=O)[C@@H]1OC(C)(C)OCC1=C[C@H]1[C@@H]3C(C)(C)[C@]3(O)[C@H](O)[C@@H](C)[C@]21O. The van der Waals surface area contributed by atoms with E-state index in [1.165, 1.54) is 0 Å². The van der Waals surface area contributed by atoms with Crippen molar-refractivity contribution in [1.29, 1.82) is 0 Å². The van der Waals surface area contributed by atoms with Crippen molar-refractivity contribution in [2.75, 3.05) is 6.61 Å². The van der Waals surface area contributed by atoms with E-state index >= 15 is 0 Å². The molecule has 7 heteroatoms. The van der Waals surface area contributed by atoms with E-state index in [1.54, 1.807) is 33.8 Å². The van der Waals surface area contributed by atoms with Gasteiger partial charge in [-0.05, 0) is 31.9 Å². The average Bonchev–Trinajstić information content (AvgIpc) is 3.03. The Balaban J connectivity index is 1.76. The van der Waals surface area contributed by atoms with Crippen LogP contribution in [0.4, 0.5) is 0 Å². The Morgan fingerprint density at radius 1 is 1.10 bits per heavy atom. The summed E-state index contributed by atoms with van der Waals surface area (Å²) in [5.41, 5.74) is -4.70. The molecule has 9 atom stereocenters. The summed E-state index contributed by atoms with van der Waals surface area (Å²) in [7, 11) is 0. The molecule has 0 spiro atoms. The van der Waals surface area contributed by atoms with Gasteiger partial charge in [0.1, 0.15) is 11.7 Å². The third kappa shape index (κ3) is 2.01. The number of carbonyl (C=O) groups excluding carboxylic acids is 1. The van der Waals surface area contributed by atoms with Crippen molar-refractivity contribution >= 4 is 5.78 Å². The molecule has 0 aromatic heterocycles. The quantitative estimate of drug-likeness (QED) is 0.426. The van der Waals surface area contributed by atoms with Gasteiger partial charge in [-0.25, -0.2) is 0 Å². The van der Waals surface area contributed by atoms with Crippen LogP contribution in [0.1, 0.15) is 41.5 Å². The predicted octanol–water partition coefficient (Wildman–Crippen LogP) is 0.699. The van der Waals surface area contributed by atoms with Crippen LogP contribution in [0.5, 0.6) is 0 Å². The highest BCUT2D eigenvalue weighted by Gasteiger charge is 2.84. The molecule has 4 aliphatic carbocycles. The van der Waals surface area contributed by atoms with Crippen LogP contribution in [0.15, 0.2) is 23.3 Å². The first-order valence-corrected chi connectivity index (χ1v) is 10.8. The number of fused-ring (bicyclic) bond motifs is 7. The van der Waals surface area contributed by atoms with E-state index in [2.05, 4.69) is 0 Å². The van der Waals surface area contributed by atoms with Gasteiger partial charge in [0, 0.05) is 29.1 Å². The number of hydrogen-bond donors (Lipinski definition) is 4. The van der Waals surface area contributed by atoms with Crippen molar-refractivity contribution in [3.05, 3.63) is 23.3 Å². The maximum Gasteiger partial charge on any atom is 0.193 e. The highest BCUT2D eigenvalue weighted by atomic mass is 16.7. The largest absolute Gasteiger partial charge is 0.390 e. The molecule has 7 nitrogen and oxygen atoms in total. The van der Waals surface area contributed by atoms with Gasteiger partial charge in [0.25, 0.3) is 0 Å². The van der Waals surface area contributed by atoms with E-state index in [0.717, 1.165) is 0 Å². The molecular weight excluding hydrogens is 388 g/mol. The van der Waals surface area contributed by atoms with E-state index in [-0.39, 0.29) is 6.61 Å². The fraction of sp³-hybridized carbons (Fsp3) is 0.783. The molecule has 30 heavy (non-hydrogen) atoms. The first-order chi connectivity index (χ1) is 13.6. The molecule has 166 valence electrons. The molecule has 1 aliphatic heterocycles. The molecule has 2 saturated carbocycles. The minimum absolute atomic E-state index is 0.147. The van der Waals surface area contributed by atoms with Gasteiger partial charge in [-0.3, -0.25) is 4.79 Å². The molecule has 1 saturated heterocycles. The lowest BCUT2D eigenvalue weighted by Crippen LogP contribution is -2.68. The van der Waals surface area contributed by atoms with Gasteiger partial charge in [0.05, 0.1) is 18.3 Å². The van der Waals surface area contributed by atoms with Crippen molar-refractivity contribution < 1.29 is 34.7 Å². The van der Waals surface area contributed by atoms with Gasteiger partial charge in [-0.15, -0.1) is 0 Å². The van der Waals surface area contributed by atoms with Crippen LogP contribution < -0.4 is 0 Å². The lowest BCUT2D eigenvalue weighted by atomic mass is 9.59. The summed E-state index contributed by atoms with van der Waals surface area (Å²) in [6, 6.07) is 0. The zero-order valence-electron chi connectivity index (χ0n) is 18.3. The van der Waals surface area contributed by atoms with Gasteiger partial charge in [0.2, 0.25) is 0 Å². The van der Waals surface area contributed by atoms with E-state index in [4.69, 9.17) is 9.47 Å². The number of ketones is 1. The summed E-state index contributed by atoms with van der Waals surface area (Å²) in [6.45, 7) is 10.7. The molecule has 1 heterocycles. The van der Waals surface area contributed by atoms with Gasteiger partial charge < -0.3 is 29.9 Å². The topological polar surface area (TPSA) is 116 Å². The van der Waals surface area contributed by atoms with Gasteiger partial charge in [-0.1, -0.05) is 32.9 Å². The van der Waals surface area contributed by atoms with Crippen LogP contribution in [0.2, 0.25) is 0 Å². The number of rotatable bonds is 0. The molecule has 0 amide bonds. The number of Topliss-reactive ketones (excluding diaryl/α,β-unsaturated/α-hetero) is 1. The summed E-state index contributed by atoms with van der Waals surface area (Å²) in [5, 5.41) is 46.6. The second kappa shape index (κ2) is 5.45. The summed E-state index contributed by atoms with van der Waals surface area (Å²) in [6.07, 6.45) is 1.28. The molecule has 0 radical (unpaired) electrons. The standard InChI is InChI=1S/C23H32O7/c1-10-7-14-21(26)11(2)17(25)23(28)15(19(23,3)4)13(21)8-12-9-29-20(5,6)30-18(12)22(14,27)16(10)24/h7-8,11,13-15,17-18,25-28H,9H2,1-6H3/t11-,13+,14+,15-,17-,18-,21-,22-,23-/m1/s1. The molecular formula is C23H32O7. The van der Waals surface area contributed by atoms with Crippen molar-refractivity contribution in [3.8, 4) is 0 Å². The normalized spacial score (nSPS) is 55.3. The van der Waals surface area contributed by atoms with Crippen LogP contribution in [0.3, 0.4) is 0 Å². The van der Waals surface area contributed by atoms with Crippen LogP contribution in [-0.2, 0) is 14.3 Å².